The smallest absolute Gasteiger partial charge is 0.410 e. The van der Waals surface area contributed by atoms with Crippen LogP contribution >= 0.6 is 0 Å². The fourth-order valence-electron chi connectivity index (χ4n) is 3.37. The van der Waals surface area contributed by atoms with Crippen molar-refractivity contribution in [1.82, 2.24) is 14.7 Å². The molecular formula is C22H26N4O4. The topological polar surface area (TPSA) is 93.5 Å². The van der Waals surface area contributed by atoms with Crippen molar-refractivity contribution in [3.05, 3.63) is 46.6 Å². The van der Waals surface area contributed by atoms with E-state index in [1.165, 1.54) is 9.58 Å². The molecule has 0 radical (unpaired) electrons. The van der Waals surface area contributed by atoms with E-state index in [1.807, 2.05) is 19.1 Å². The highest BCUT2D eigenvalue weighted by Gasteiger charge is 2.39. The number of ether oxygens (including phenoxy) is 1. The molecule has 0 saturated heterocycles. The van der Waals surface area contributed by atoms with Crippen LogP contribution in [0.3, 0.4) is 0 Å². The second kappa shape index (κ2) is 7.27. The van der Waals surface area contributed by atoms with Gasteiger partial charge in [-0.25, -0.2) is 9.48 Å². The number of aryl methyl sites for hydroxylation is 1. The van der Waals surface area contributed by atoms with Gasteiger partial charge in [-0.05, 0) is 52.7 Å². The third-order valence-corrected chi connectivity index (χ3v) is 5.11. The Labute approximate surface area is 175 Å². The minimum absolute atomic E-state index is 0.0368. The second-order valence-electron chi connectivity index (χ2n) is 8.95. The highest BCUT2D eigenvalue weighted by molar-refractivity contribution is 6.04. The number of anilines is 1. The molecule has 8 heteroatoms. The van der Waals surface area contributed by atoms with Crippen molar-refractivity contribution in [3.8, 4) is 0 Å². The van der Waals surface area contributed by atoms with E-state index in [0.29, 0.717) is 22.6 Å². The molecule has 0 unspecified atom stereocenters. The fourth-order valence-corrected chi connectivity index (χ4v) is 3.37. The predicted molar refractivity (Wildman–Crippen MR) is 110 cm³/mol. The summed E-state index contributed by atoms with van der Waals surface area (Å²) in [6, 6.07) is 7.20. The van der Waals surface area contributed by atoms with Gasteiger partial charge < -0.3 is 10.1 Å². The number of nitrogens with zero attached hydrogens (tertiary/aromatic N) is 3. The molecule has 1 saturated carbocycles. The molecule has 1 aromatic carbocycles. The van der Waals surface area contributed by atoms with Crippen molar-refractivity contribution < 1.29 is 19.1 Å². The number of carbonyl (C=O) groups excluding carboxylic acids is 3. The van der Waals surface area contributed by atoms with Gasteiger partial charge in [0.15, 0.2) is 5.82 Å². The third kappa shape index (κ3) is 4.08. The Balaban J connectivity index is 1.60. The van der Waals surface area contributed by atoms with Gasteiger partial charge in [0.25, 0.3) is 5.91 Å². The molecule has 0 atom stereocenters. The van der Waals surface area contributed by atoms with Crippen molar-refractivity contribution in [3.63, 3.8) is 0 Å². The molecular weight excluding hydrogens is 384 g/mol. The van der Waals surface area contributed by atoms with Gasteiger partial charge in [-0.15, -0.1) is 5.10 Å². The largest absolute Gasteiger partial charge is 0.444 e. The van der Waals surface area contributed by atoms with Crippen LogP contribution in [0.15, 0.2) is 24.3 Å². The summed E-state index contributed by atoms with van der Waals surface area (Å²) in [4.78, 5) is 39.5. The quantitative estimate of drug-likeness (QED) is 0.832. The average molecular weight is 410 g/mol. The molecule has 0 spiro atoms. The van der Waals surface area contributed by atoms with Gasteiger partial charge in [0.05, 0.1) is 18.8 Å². The standard InChI is InChI=1S/C22H26N4O4/c1-13-5-7-14(8-6-13)19(27)23-18-16-11-25(21(29)30-22(2,3)4)12-17(16)26(24-18)20(28)15-9-10-15/h5-8,15H,9-12H2,1-4H3,(H,23,24,27). The number of hydrogen-bond donors (Lipinski definition) is 1. The van der Waals surface area contributed by atoms with Gasteiger partial charge in [0, 0.05) is 17.0 Å². The lowest BCUT2D eigenvalue weighted by atomic mass is 10.1. The zero-order chi connectivity index (χ0) is 21.6. The van der Waals surface area contributed by atoms with Crippen LogP contribution in [0, 0.1) is 12.8 Å². The highest BCUT2D eigenvalue weighted by atomic mass is 16.6. The van der Waals surface area contributed by atoms with Crippen LogP contribution in [0.1, 0.15) is 65.6 Å². The number of hydrogen-bond acceptors (Lipinski definition) is 5. The van der Waals surface area contributed by atoms with Crippen LogP contribution in [0.5, 0.6) is 0 Å². The van der Waals surface area contributed by atoms with Gasteiger partial charge in [0.2, 0.25) is 5.91 Å². The van der Waals surface area contributed by atoms with E-state index in [1.54, 1.807) is 32.9 Å². The van der Waals surface area contributed by atoms with Crippen LogP contribution in [-0.4, -0.2) is 38.2 Å². The Kier molecular flexibility index (Phi) is 4.88. The van der Waals surface area contributed by atoms with E-state index >= 15 is 0 Å². The summed E-state index contributed by atoms with van der Waals surface area (Å²) in [5.74, 6) is -0.119. The summed E-state index contributed by atoms with van der Waals surface area (Å²) >= 11 is 0. The minimum Gasteiger partial charge on any atom is -0.444 e. The molecule has 2 heterocycles. The van der Waals surface area contributed by atoms with Crippen molar-refractivity contribution in [2.45, 2.75) is 59.2 Å². The lowest BCUT2D eigenvalue weighted by molar-refractivity contribution is 0.0237. The Bertz CT molecular complexity index is 1010. The van der Waals surface area contributed by atoms with Gasteiger partial charge in [-0.2, -0.15) is 0 Å². The molecule has 1 N–H and O–H groups in total. The summed E-state index contributed by atoms with van der Waals surface area (Å²) in [6.07, 6.45) is 1.22. The molecule has 158 valence electrons. The number of amides is 2. The van der Waals surface area contributed by atoms with Gasteiger partial charge in [-0.3, -0.25) is 14.5 Å². The number of nitrogens with one attached hydrogen (secondary N) is 1. The summed E-state index contributed by atoms with van der Waals surface area (Å²) < 4.78 is 6.83. The number of carbonyl (C=O) groups is 3. The summed E-state index contributed by atoms with van der Waals surface area (Å²) in [7, 11) is 0. The first-order chi connectivity index (χ1) is 14.1. The molecule has 4 rings (SSSR count). The van der Waals surface area contributed by atoms with Gasteiger partial charge in [0.1, 0.15) is 5.60 Å². The Hall–Kier alpha value is -3.16. The summed E-state index contributed by atoms with van der Waals surface area (Å²) in [5, 5.41) is 7.22. The van der Waals surface area contributed by atoms with E-state index < -0.39 is 11.7 Å². The van der Waals surface area contributed by atoms with Crippen molar-refractivity contribution in [1.29, 1.82) is 0 Å². The highest BCUT2D eigenvalue weighted by Crippen LogP contribution is 2.35. The molecule has 1 fully saturated rings. The van der Waals surface area contributed by atoms with Gasteiger partial charge >= 0.3 is 6.09 Å². The first kappa shape index (κ1) is 20.1. The SMILES string of the molecule is Cc1ccc(C(=O)Nc2nn(C(=O)C3CC3)c3c2CN(C(=O)OC(C)(C)C)C3)cc1. The van der Waals surface area contributed by atoms with Crippen LogP contribution in [0.25, 0.3) is 0 Å². The number of aromatic nitrogens is 2. The van der Waals surface area contributed by atoms with E-state index in [4.69, 9.17) is 4.74 Å². The Morgan fingerprint density at radius 1 is 1.10 bits per heavy atom. The fraction of sp³-hybridized carbons (Fsp3) is 0.455. The molecule has 2 aliphatic rings. The van der Waals surface area contributed by atoms with Crippen LogP contribution < -0.4 is 5.32 Å². The molecule has 30 heavy (non-hydrogen) atoms. The van der Waals surface area contributed by atoms with E-state index in [9.17, 15) is 14.4 Å². The molecule has 8 nitrogen and oxygen atoms in total. The molecule has 1 aliphatic carbocycles. The second-order valence-corrected chi connectivity index (χ2v) is 8.95. The first-order valence-corrected chi connectivity index (χ1v) is 10.1. The maximum absolute atomic E-state index is 12.7. The average Bonchev–Trinajstić information content (AvgIpc) is 3.33. The monoisotopic (exact) mass is 410 g/mol. The normalized spacial score (nSPS) is 15.7. The summed E-state index contributed by atoms with van der Waals surface area (Å²) in [6.45, 7) is 7.81. The molecule has 1 aromatic heterocycles. The maximum atomic E-state index is 12.7. The molecule has 1 aliphatic heterocycles. The van der Waals surface area contributed by atoms with Crippen LogP contribution in [0.4, 0.5) is 10.6 Å². The van der Waals surface area contributed by atoms with Crippen molar-refractivity contribution in [2.75, 3.05) is 5.32 Å². The Morgan fingerprint density at radius 3 is 2.37 bits per heavy atom. The van der Waals surface area contributed by atoms with Crippen molar-refractivity contribution in [2.24, 2.45) is 5.92 Å². The number of fused-ring (bicyclic) bond motifs is 1. The minimum atomic E-state index is -0.621. The van der Waals surface area contributed by atoms with Crippen LogP contribution in [0.2, 0.25) is 0 Å². The molecule has 2 amide bonds. The van der Waals surface area contributed by atoms with E-state index in [0.717, 1.165) is 18.4 Å². The van der Waals surface area contributed by atoms with Crippen molar-refractivity contribution >= 4 is 23.7 Å². The summed E-state index contributed by atoms with van der Waals surface area (Å²) in [5.41, 5.74) is 2.25. The predicted octanol–water partition coefficient (Wildman–Crippen LogP) is 3.74. The zero-order valence-electron chi connectivity index (χ0n) is 17.7. The molecule has 2 aromatic rings. The Morgan fingerprint density at radius 2 is 1.77 bits per heavy atom. The number of benzene rings is 1. The zero-order valence-corrected chi connectivity index (χ0v) is 17.7. The molecule has 0 bridgehead atoms. The maximum Gasteiger partial charge on any atom is 0.410 e. The lowest BCUT2D eigenvalue weighted by Gasteiger charge is -2.24. The number of rotatable bonds is 3. The van der Waals surface area contributed by atoms with Crippen LogP contribution in [-0.2, 0) is 17.8 Å². The lowest BCUT2D eigenvalue weighted by Crippen LogP contribution is -2.34. The van der Waals surface area contributed by atoms with E-state index in [-0.39, 0.29) is 30.8 Å². The first-order valence-electron chi connectivity index (χ1n) is 10.1. The third-order valence-electron chi connectivity index (χ3n) is 5.11. The van der Waals surface area contributed by atoms with E-state index in [2.05, 4.69) is 10.4 Å². The van der Waals surface area contributed by atoms with Gasteiger partial charge in [-0.1, -0.05) is 17.7 Å².